The minimum Gasteiger partial charge on any atom is -0.448 e. The van der Waals surface area contributed by atoms with Crippen LogP contribution in [-0.4, -0.2) is 34.5 Å². The van der Waals surface area contributed by atoms with Gasteiger partial charge in [0.05, 0.1) is 5.56 Å². The number of benzene rings is 1. The topological polar surface area (TPSA) is 100 Å². The lowest BCUT2D eigenvalue weighted by Crippen LogP contribution is -2.38. The molecule has 0 saturated carbocycles. The van der Waals surface area contributed by atoms with Crippen LogP contribution >= 0.6 is 0 Å². The molecule has 134 valence electrons. The van der Waals surface area contributed by atoms with Crippen LogP contribution in [-0.2, 0) is 16.4 Å². The van der Waals surface area contributed by atoms with Gasteiger partial charge in [-0.05, 0) is 38.1 Å². The number of rotatable bonds is 5. The zero-order valence-electron chi connectivity index (χ0n) is 14.1. The Kier molecular flexibility index (Phi) is 4.94. The maximum atomic E-state index is 12.4. The zero-order valence-corrected chi connectivity index (χ0v) is 14.9. The first-order valence-electron chi connectivity index (χ1n) is 8.05. The Hall–Kier alpha value is -2.16. The van der Waals surface area contributed by atoms with Crippen molar-refractivity contribution < 1.29 is 17.6 Å². The highest BCUT2D eigenvalue weighted by Gasteiger charge is 2.24. The van der Waals surface area contributed by atoms with E-state index < -0.39 is 10.0 Å². The molecule has 1 aromatic heterocycles. The minimum atomic E-state index is -3.72. The van der Waals surface area contributed by atoms with Crippen LogP contribution in [0.4, 0.5) is 0 Å². The van der Waals surface area contributed by atoms with Crippen LogP contribution < -0.4 is 15.4 Å². The number of hydrogen-bond donors (Lipinski definition) is 3. The van der Waals surface area contributed by atoms with Gasteiger partial charge in [0, 0.05) is 18.7 Å². The van der Waals surface area contributed by atoms with Crippen LogP contribution in [0.1, 0.15) is 33.3 Å². The molecular formula is C17H21N3O4S. The van der Waals surface area contributed by atoms with E-state index in [1.165, 1.54) is 24.2 Å². The van der Waals surface area contributed by atoms with Gasteiger partial charge in [-0.2, -0.15) is 0 Å². The fourth-order valence-corrected chi connectivity index (χ4v) is 3.69. The molecule has 1 aromatic carbocycles. The number of furan rings is 1. The Balaban J connectivity index is 1.72. The SMILES string of the molecule is CNS(=O)(=O)c1cc(C(=O)NCC2NCCc3ccccc32)c(C)o1. The molecule has 1 unspecified atom stereocenters. The van der Waals surface area contributed by atoms with E-state index in [4.69, 9.17) is 4.42 Å². The largest absolute Gasteiger partial charge is 0.448 e. The van der Waals surface area contributed by atoms with Crippen molar-refractivity contribution in [3.63, 3.8) is 0 Å². The van der Waals surface area contributed by atoms with Crippen molar-refractivity contribution in [2.45, 2.75) is 24.5 Å². The highest BCUT2D eigenvalue weighted by molar-refractivity contribution is 7.89. The number of carbonyl (C=O) groups is 1. The summed E-state index contributed by atoms with van der Waals surface area (Å²) in [6, 6.07) is 9.42. The van der Waals surface area contributed by atoms with E-state index in [9.17, 15) is 13.2 Å². The lowest BCUT2D eigenvalue weighted by molar-refractivity contribution is 0.0947. The van der Waals surface area contributed by atoms with Crippen molar-refractivity contribution in [1.29, 1.82) is 0 Å². The molecule has 0 bridgehead atoms. The molecule has 0 fully saturated rings. The van der Waals surface area contributed by atoms with Gasteiger partial charge in [-0.25, -0.2) is 13.1 Å². The van der Waals surface area contributed by atoms with Crippen molar-refractivity contribution in [3.05, 3.63) is 52.8 Å². The van der Waals surface area contributed by atoms with Crippen LogP contribution in [0.3, 0.4) is 0 Å². The Labute approximate surface area is 146 Å². The molecule has 0 saturated heterocycles. The molecule has 0 aliphatic carbocycles. The molecule has 3 N–H and O–H groups in total. The molecule has 0 radical (unpaired) electrons. The summed E-state index contributed by atoms with van der Waals surface area (Å²) in [5.74, 6) is -0.0908. The molecule has 8 heteroatoms. The Morgan fingerprint density at radius 3 is 2.88 bits per heavy atom. The summed E-state index contributed by atoms with van der Waals surface area (Å²) in [5.41, 5.74) is 2.68. The lowest BCUT2D eigenvalue weighted by atomic mass is 9.94. The number of nitrogens with one attached hydrogen (secondary N) is 3. The second-order valence-corrected chi connectivity index (χ2v) is 7.73. The predicted molar refractivity (Wildman–Crippen MR) is 92.9 cm³/mol. The second-order valence-electron chi connectivity index (χ2n) is 5.91. The highest BCUT2D eigenvalue weighted by Crippen LogP contribution is 2.23. The summed E-state index contributed by atoms with van der Waals surface area (Å²) in [6.07, 6.45) is 0.965. The summed E-state index contributed by atoms with van der Waals surface area (Å²) in [7, 11) is -2.43. The smallest absolute Gasteiger partial charge is 0.273 e. The van der Waals surface area contributed by atoms with Gasteiger partial charge in [0.25, 0.3) is 15.9 Å². The quantitative estimate of drug-likeness (QED) is 0.739. The third kappa shape index (κ3) is 3.60. The number of sulfonamides is 1. The van der Waals surface area contributed by atoms with E-state index in [1.54, 1.807) is 6.92 Å². The van der Waals surface area contributed by atoms with Crippen molar-refractivity contribution in [3.8, 4) is 0 Å². The minimum absolute atomic E-state index is 0.0293. The average molecular weight is 363 g/mol. The van der Waals surface area contributed by atoms with E-state index in [1.807, 2.05) is 12.1 Å². The number of fused-ring (bicyclic) bond motifs is 1. The third-order valence-corrected chi connectivity index (χ3v) is 5.62. The molecule has 2 aromatic rings. The Bertz CT molecular complexity index is 889. The molecular weight excluding hydrogens is 342 g/mol. The summed E-state index contributed by atoms with van der Waals surface area (Å²) in [5, 5.41) is 5.98. The van der Waals surface area contributed by atoms with Crippen molar-refractivity contribution in [1.82, 2.24) is 15.4 Å². The van der Waals surface area contributed by atoms with Crippen molar-refractivity contribution in [2.75, 3.05) is 20.1 Å². The number of hydrogen-bond acceptors (Lipinski definition) is 5. The zero-order chi connectivity index (χ0) is 18.0. The molecule has 25 heavy (non-hydrogen) atoms. The monoisotopic (exact) mass is 363 g/mol. The van der Waals surface area contributed by atoms with Gasteiger partial charge in [0.2, 0.25) is 5.09 Å². The standard InChI is InChI=1S/C17H21N3O4S/c1-11-14(9-16(24-11)25(22,23)18-2)17(21)20-10-15-13-6-4-3-5-12(13)7-8-19-15/h3-6,9,15,18-19H,7-8,10H2,1-2H3,(H,20,21). The number of carbonyl (C=O) groups excluding carboxylic acids is 1. The van der Waals surface area contributed by atoms with E-state index in [0.29, 0.717) is 6.54 Å². The molecule has 1 aliphatic rings. The third-order valence-electron chi connectivity index (χ3n) is 4.36. The van der Waals surface area contributed by atoms with E-state index in [-0.39, 0.29) is 28.4 Å². The maximum absolute atomic E-state index is 12.4. The van der Waals surface area contributed by atoms with E-state index in [2.05, 4.69) is 27.5 Å². The second kappa shape index (κ2) is 6.99. The van der Waals surface area contributed by atoms with Crippen LogP contribution in [0.15, 0.2) is 39.8 Å². The van der Waals surface area contributed by atoms with E-state index >= 15 is 0 Å². The van der Waals surface area contributed by atoms with Gasteiger partial charge in [-0.1, -0.05) is 24.3 Å². The van der Waals surface area contributed by atoms with Gasteiger partial charge in [-0.3, -0.25) is 4.79 Å². The summed E-state index contributed by atoms with van der Waals surface area (Å²) in [6.45, 7) is 2.83. The average Bonchev–Trinajstić information content (AvgIpc) is 3.02. The van der Waals surface area contributed by atoms with Crippen LogP contribution in [0.5, 0.6) is 0 Å². The van der Waals surface area contributed by atoms with Crippen molar-refractivity contribution in [2.24, 2.45) is 0 Å². The van der Waals surface area contributed by atoms with Crippen molar-refractivity contribution >= 4 is 15.9 Å². The molecule has 1 aliphatic heterocycles. The number of amides is 1. The normalized spacial score (nSPS) is 17.1. The van der Waals surface area contributed by atoms with Gasteiger partial charge >= 0.3 is 0 Å². The first kappa shape index (κ1) is 17.7. The number of aryl methyl sites for hydroxylation is 1. The van der Waals surface area contributed by atoms with Crippen LogP contribution in [0, 0.1) is 6.92 Å². The van der Waals surface area contributed by atoms with Crippen LogP contribution in [0.2, 0.25) is 0 Å². The molecule has 1 amide bonds. The first-order chi connectivity index (χ1) is 11.9. The van der Waals surface area contributed by atoms with Gasteiger partial charge < -0.3 is 15.1 Å². The molecule has 7 nitrogen and oxygen atoms in total. The Morgan fingerprint density at radius 2 is 2.12 bits per heavy atom. The summed E-state index contributed by atoms with van der Waals surface area (Å²) < 4.78 is 31.0. The summed E-state index contributed by atoms with van der Waals surface area (Å²) >= 11 is 0. The maximum Gasteiger partial charge on any atom is 0.273 e. The van der Waals surface area contributed by atoms with E-state index in [0.717, 1.165) is 13.0 Å². The van der Waals surface area contributed by atoms with Gasteiger partial charge in [0.1, 0.15) is 5.76 Å². The lowest BCUT2D eigenvalue weighted by Gasteiger charge is -2.27. The first-order valence-corrected chi connectivity index (χ1v) is 9.54. The highest BCUT2D eigenvalue weighted by atomic mass is 32.2. The molecule has 0 spiro atoms. The van der Waals surface area contributed by atoms with Crippen LogP contribution in [0.25, 0.3) is 0 Å². The van der Waals surface area contributed by atoms with Gasteiger partial charge in [0.15, 0.2) is 0 Å². The summed E-state index contributed by atoms with van der Waals surface area (Å²) in [4.78, 5) is 12.4. The molecule has 1 atom stereocenters. The fourth-order valence-electron chi connectivity index (χ4n) is 2.98. The molecule has 3 rings (SSSR count). The Morgan fingerprint density at radius 1 is 1.36 bits per heavy atom. The molecule has 2 heterocycles. The predicted octanol–water partition coefficient (Wildman–Crippen LogP) is 1.11. The fraction of sp³-hybridized carbons (Fsp3) is 0.353. The van der Waals surface area contributed by atoms with Gasteiger partial charge in [-0.15, -0.1) is 0 Å².